The Labute approximate surface area is 109 Å². The molecule has 0 saturated carbocycles. The van der Waals surface area contributed by atoms with Crippen molar-refractivity contribution >= 4 is 9.84 Å². The predicted octanol–water partition coefficient (Wildman–Crippen LogP) is 1.78. The molecule has 4 nitrogen and oxygen atoms in total. The summed E-state index contributed by atoms with van der Waals surface area (Å²) in [5, 5.41) is 3.20. The van der Waals surface area contributed by atoms with Crippen molar-refractivity contribution in [3.8, 4) is 5.75 Å². The van der Waals surface area contributed by atoms with Crippen molar-refractivity contribution in [2.75, 3.05) is 25.2 Å². The lowest BCUT2D eigenvalue weighted by Gasteiger charge is -2.17. The van der Waals surface area contributed by atoms with Gasteiger partial charge >= 0.3 is 0 Å². The number of nitrogens with one attached hydrogen (secondary N) is 1. The van der Waals surface area contributed by atoms with E-state index in [0.717, 1.165) is 11.3 Å². The lowest BCUT2D eigenvalue weighted by Crippen LogP contribution is -2.26. The number of benzene rings is 1. The number of methoxy groups -OCH3 is 1. The van der Waals surface area contributed by atoms with Crippen LogP contribution in [0.2, 0.25) is 0 Å². The van der Waals surface area contributed by atoms with Crippen molar-refractivity contribution < 1.29 is 13.2 Å². The molecular formula is C13H21NO3S. The highest BCUT2D eigenvalue weighted by Crippen LogP contribution is 2.23. The molecule has 0 spiro atoms. The molecule has 0 aromatic heterocycles. The van der Waals surface area contributed by atoms with Gasteiger partial charge in [-0.1, -0.05) is 25.1 Å². The van der Waals surface area contributed by atoms with E-state index in [1.54, 1.807) is 14.0 Å². The normalized spacial score (nSPS) is 13.3. The van der Waals surface area contributed by atoms with E-state index >= 15 is 0 Å². The molecule has 1 aromatic carbocycles. The van der Waals surface area contributed by atoms with Gasteiger partial charge in [0.05, 0.1) is 12.9 Å². The topological polar surface area (TPSA) is 55.4 Å². The Morgan fingerprint density at radius 2 is 2.00 bits per heavy atom. The van der Waals surface area contributed by atoms with Crippen LogP contribution >= 0.6 is 0 Å². The number of hydrogen-bond acceptors (Lipinski definition) is 4. The second-order valence-electron chi connectivity index (χ2n) is 4.15. The van der Waals surface area contributed by atoms with Crippen LogP contribution in [0.25, 0.3) is 0 Å². The van der Waals surface area contributed by atoms with E-state index in [-0.39, 0.29) is 17.5 Å². The molecule has 0 fully saturated rings. The molecule has 1 aromatic rings. The molecule has 1 atom stereocenters. The summed E-state index contributed by atoms with van der Waals surface area (Å²) in [6, 6.07) is 7.80. The first-order valence-corrected chi connectivity index (χ1v) is 7.89. The molecule has 0 heterocycles. The van der Waals surface area contributed by atoms with Crippen molar-refractivity contribution in [2.24, 2.45) is 0 Å². The van der Waals surface area contributed by atoms with Gasteiger partial charge in [0.2, 0.25) is 0 Å². The van der Waals surface area contributed by atoms with Crippen LogP contribution in [-0.2, 0) is 9.84 Å². The Hall–Kier alpha value is -1.07. The largest absolute Gasteiger partial charge is 0.496 e. The zero-order chi connectivity index (χ0) is 13.6. The molecule has 18 heavy (non-hydrogen) atoms. The van der Waals surface area contributed by atoms with Crippen LogP contribution < -0.4 is 10.1 Å². The van der Waals surface area contributed by atoms with Gasteiger partial charge in [0.1, 0.15) is 5.75 Å². The van der Waals surface area contributed by atoms with Gasteiger partial charge in [0.15, 0.2) is 9.84 Å². The Bertz CT molecular complexity index is 471. The van der Waals surface area contributed by atoms with Gasteiger partial charge in [-0.15, -0.1) is 0 Å². The Balaban J connectivity index is 2.58. The van der Waals surface area contributed by atoms with Gasteiger partial charge in [-0.2, -0.15) is 0 Å². The van der Waals surface area contributed by atoms with Crippen molar-refractivity contribution in [3.05, 3.63) is 29.8 Å². The summed E-state index contributed by atoms with van der Waals surface area (Å²) in [4.78, 5) is 0. The molecule has 102 valence electrons. The first-order chi connectivity index (χ1) is 8.50. The fourth-order valence-corrected chi connectivity index (χ4v) is 2.43. The van der Waals surface area contributed by atoms with Gasteiger partial charge in [-0.25, -0.2) is 8.42 Å². The van der Waals surface area contributed by atoms with Crippen LogP contribution in [0.5, 0.6) is 5.75 Å². The third-order valence-electron chi connectivity index (χ3n) is 2.91. The molecule has 0 radical (unpaired) electrons. The van der Waals surface area contributed by atoms with Crippen LogP contribution in [-0.4, -0.2) is 33.6 Å². The summed E-state index contributed by atoms with van der Waals surface area (Å²) < 4.78 is 28.0. The van der Waals surface area contributed by atoms with Crippen molar-refractivity contribution in [3.63, 3.8) is 0 Å². The predicted molar refractivity (Wildman–Crippen MR) is 73.7 cm³/mol. The van der Waals surface area contributed by atoms with E-state index in [2.05, 4.69) is 5.32 Å². The SMILES string of the molecule is CCS(=O)(=O)CCN[C@@H](C)c1ccccc1OC. The van der Waals surface area contributed by atoms with Crippen molar-refractivity contribution in [1.82, 2.24) is 5.32 Å². The average Bonchev–Trinajstić information content (AvgIpc) is 2.38. The third kappa shape index (κ3) is 4.31. The molecular weight excluding hydrogens is 250 g/mol. The minimum Gasteiger partial charge on any atom is -0.496 e. The molecule has 0 amide bonds. The maximum absolute atomic E-state index is 11.4. The zero-order valence-corrected chi connectivity index (χ0v) is 12.0. The summed E-state index contributed by atoms with van der Waals surface area (Å²) in [7, 11) is -1.27. The average molecular weight is 271 g/mol. The summed E-state index contributed by atoms with van der Waals surface area (Å²) in [5.41, 5.74) is 1.04. The minimum absolute atomic E-state index is 0.0632. The van der Waals surface area contributed by atoms with Crippen LogP contribution in [0.3, 0.4) is 0 Å². The molecule has 0 unspecified atom stereocenters. The quantitative estimate of drug-likeness (QED) is 0.821. The third-order valence-corrected chi connectivity index (χ3v) is 4.61. The van der Waals surface area contributed by atoms with E-state index in [4.69, 9.17) is 4.74 Å². The maximum atomic E-state index is 11.4. The van der Waals surface area contributed by atoms with E-state index in [1.807, 2.05) is 31.2 Å². The molecule has 1 rings (SSSR count). The van der Waals surface area contributed by atoms with Crippen molar-refractivity contribution in [1.29, 1.82) is 0 Å². The van der Waals surface area contributed by atoms with Gasteiger partial charge in [0, 0.05) is 23.9 Å². The summed E-state index contributed by atoms with van der Waals surface area (Å²) in [5.74, 6) is 1.18. The maximum Gasteiger partial charge on any atom is 0.151 e. The van der Waals surface area contributed by atoms with Gasteiger partial charge in [-0.3, -0.25) is 0 Å². The zero-order valence-electron chi connectivity index (χ0n) is 11.1. The van der Waals surface area contributed by atoms with E-state index in [1.165, 1.54) is 0 Å². The molecule has 5 heteroatoms. The first kappa shape index (κ1) is 15.0. The number of hydrogen-bond donors (Lipinski definition) is 1. The molecule has 0 aliphatic carbocycles. The van der Waals surface area contributed by atoms with Gasteiger partial charge in [-0.05, 0) is 13.0 Å². The molecule has 1 N–H and O–H groups in total. The number of para-hydroxylation sites is 1. The fourth-order valence-electron chi connectivity index (χ4n) is 1.71. The van der Waals surface area contributed by atoms with Crippen LogP contribution in [0, 0.1) is 0 Å². The monoisotopic (exact) mass is 271 g/mol. The highest BCUT2D eigenvalue weighted by atomic mass is 32.2. The summed E-state index contributed by atoms with van der Waals surface area (Å²) in [6.45, 7) is 4.12. The van der Waals surface area contributed by atoms with Crippen LogP contribution in [0.15, 0.2) is 24.3 Å². The first-order valence-electron chi connectivity index (χ1n) is 6.07. The molecule has 0 bridgehead atoms. The molecule has 0 aliphatic rings. The Morgan fingerprint density at radius 3 is 2.61 bits per heavy atom. The Morgan fingerprint density at radius 1 is 1.33 bits per heavy atom. The highest BCUT2D eigenvalue weighted by Gasteiger charge is 2.12. The van der Waals surface area contributed by atoms with Gasteiger partial charge < -0.3 is 10.1 Å². The molecule has 0 aliphatic heterocycles. The molecule has 0 saturated heterocycles. The van der Waals surface area contributed by atoms with Gasteiger partial charge in [0.25, 0.3) is 0 Å². The second kappa shape index (κ2) is 6.75. The Kier molecular flexibility index (Phi) is 5.62. The van der Waals surface area contributed by atoms with E-state index < -0.39 is 9.84 Å². The van der Waals surface area contributed by atoms with Crippen LogP contribution in [0.1, 0.15) is 25.5 Å². The number of rotatable bonds is 7. The fraction of sp³-hybridized carbons (Fsp3) is 0.538. The number of sulfone groups is 1. The lowest BCUT2D eigenvalue weighted by atomic mass is 10.1. The van der Waals surface area contributed by atoms with Crippen molar-refractivity contribution in [2.45, 2.75) is 19.9 Å². The lowest BCUT2D eigenvalue weighted by molar-refractivity contribution is 0.402. The summed E-state index contributed by atoms with van der Waals surface area (Å²) in [6.07, 6.45) is 0. The van der Waals surface area contributed by atoms with Crippen LogP contribution in [0.4, 0.5) is 0 Å². The highest BCUT2D eigenvalue weighted by molar-refractivity contribution is 7.91. The summed E-state index contributed by atoms with van der Waals surface area (Å²) >= 11 is 0. The minimum atomic E-state index is -2.91. The second-order valence-corrected chi connectivity index (χ2v) is 6.63. The number of ether oxygens (including phenoxy) is 1. The van der Waals surface area contributed by atoms with E-state index in [0.29, 0.717) is 6.54 Å². The smallest absolute Gasteiger partial charge is 0.151 e. The standard InChI is InChI=1S/C13H21NO3S/c1-4-18(15,16)10-9-14-11(2)12-7-5-6-8-13(12)17-3/h5-8,11,14H,4,9-10H2,1-3H3/t11-/m0/s1. The van der Waals surface area contributed by atoms with E-state index in [9.17, 15) is 8.42 Å².